The van der Waals surface area contributed by atoms with Gasteiger partial charge < -0.3 is 10.0 Å². The molecule has 0 unspecified atom stereocenters. The third-order valence-electron chi connectivity index (χ3n) is 2.40. The van der Waals surface area contributed by atoms with E-state index in [1.165, 1.54) is 5.56 Å². The van der Waals surface area contributed by atoms with Crippen LogP contribution in [0.15, 0.2) is 28.7 Å². The lowest BCUT2D eigenvalue weighted by Gasteiger charge is -2.15. The molecule has 0 aliphatic rings. The maximum atomic E-state index is 10.4. The third-order valence-corrected chi connectivity index (χ3v) is 2.93. The molecule has 16 heavy (non-hydrogen) atoms. The zero-order valence-electron chi connectivity index (χ0n) is 9.32. The van der Waals surface area contributed by atoms with Crippen LogP contribution in [-0.2, 0) is 11.2 Å². The second kappa shape index (κ2) is 6.66. The molecule has 0 heterocycles. The number of carboxylic acids is 1. The first-order valence-electron chi connectivity index (χ1n) is 5.22. The highest BCUT2D eigenvalue weighted by atomic mass is 79.9. The quantitative estimate of drug-likeness (QED) is 0.873. The molecule has 0 aliphatic carbocycles. The lowest BCUT2D eigenvalue weighted by atomic mass is 10.1. The van der Waals surface area contributed by atoms with Crippen LogP contribution in [0.4, 0.5) is 0 Å². The predicted octanol–water partition coefficient (Wildman–Crippen LogP) is 2.40. The van der Waals surface area contributed by atoms with E-state index in [2.05, 4.69) is 28.1 Å². The molecule has 0 atom stereocenters. The Balaban J connectivity index is 2.28. The minimum atomic E-state index is -0.740. The summed E-state index contributed by atoms with van der Waals surface area (Å²) < 4.78 is 1.08. The van der Waals surface area contributed by atoms with Crippen LogP contribution in [0.1, 0.15) is 12.0 Å². The largest absolute Gasteiger partial charge is 0.481 e. The van der Waals surface area contributed by atoms with E-state index in [0.29, 0.717) is 6.54 Å². The molecular formula is C12H16BrNO2. The van der Waals surface area contributed by atoms with Crippen LogP contribution in [0.5, 0.6) is 0 Å². The van der Waals surface area contributed by atoms with Crippen LogP contribution in [0.2, 0.25) is 0 Å². The highest BCUT2D eigenvalue weighted by Crippen LogP contribution is 2.11. The fraction of sp³-hybridized carbons (Fsp3) is 0.417. The van der Waals surface area contributed by atoms with Gasteiger partial charge in [0, 0.05) is 17.6 Å². The Hall–Kier alpha value is -0.870. The molecule has 0 saturated carbocycles. The molecule has 0 aromatic heterocycles. The van der Waals surface area contributed by atoms with Gasteiger partial charge in [-0.15, -0.1) is 0 Å². The minimum Gasteiger partial charge on any atom is -0.481 e. The highest BCUT2D eigenvalue weighted by Gasteiger charge is 2.02. The van der Waals surface area contributed by atoms with Crippen molar-refractivity contribution in [2.45, 2.75) is 12.8 Å². The van der Waals surface area contributed by atoms with Crippen LogP contribution in [-0.4, -0.2) is 36.1 Å². The molecular weight excluding hydrogens is 270 g/mol. The summed E-state index contributed by atoms with van der Waals surface area (Å²) in [6.07, 6.45) is 1.15. The van der Waals surface area contributed by atoms with Crippen LogP contribution in [0, 0.1) is 0 Å². The van der Waals surface area contributed by atoms with Gasteiger partial charge in [-0.25, -0.2) is 0 Å². The number of carbonyl (C=O) groups is 1. The summed E-state index contributed by atoms with van der Waals surface area (Å²) >= 11 is 3.39. The predicted molar refractivity (Wildman–Crippen MR) is 67.6 cm³/mol. The number of benzene rings is 1. The summed E-state index contributed by atoms with van der Waals surface area (Å²) in [6.45, 7) is 1.49. The molecule has 1 aromatic rings. The van der Waals surface area contributed by atoms with Gasteiger partial charge in [0.1, 0.15) is 0 Å². The van der Waals surface area contributed by atoms with E-state index in [4.69, 9.17) is 5.11 Å². The minimum absolute atomic E-state index is 0.205. The maximum absolute atomic E-state index is 10.4. The van der Waals surface area contributed by atoms with Gasteiger partial charge in [-0.3, -0.25) is 4.79 Å². The second-order valence-corrected chi connectivity index (χ2v) is 4.74. The summed E-state index contributed by atoms with van der Waals surface area (Å²) in [5.74, 6) is -0.740. The normalized spacial score (nSPS) is 10.7. The molecule has 1 rings (SSSR count). The van der Waals surface area contributed by atoms with E-state index in [1.54, 1.807) is 0 Å². The number of likely N-dealkylation sites (N-methyl/N-ethyl adjacent to an activating group) is 1. The number of hydrogen-bond acceptors (Lipinski definition) is 2. The molecule has 0 aliphatic heterocycles. The zero-order chi connectivity index (χ0) is 12.0. The Labute approximate surface area is 104 Å². The van der Waals surface area contributed by atoms with E-state index >= 15 is 0 Å². The summed E-state index contributed by atoms with van der Waals surface area (Å²) in [7, 11) is 1.95. The molecule has 0 bridgehead atoms. The zero-order valence-corrected chi connectivity index (χ0v) is 10.9. The van der Waals surface area contributed by atoms with Gasteiger partial charge in [-0.1, -0.05) is 28.1 Å². The molecule has 88 valence electrons. The second-order valence-electron chi connectivity index (χ2n) is 3.82. The number of hydrogen-bond donors (Lipinski definition) is 1. The lowest BCUT2D eigenvalue weighted by molar-refractivity contribution is -0.137. The maximum Gasteiger partial charge on any atom is 0.304 e. The van der Waals surface area contributed by atoms with Crippen molar-refractivity contribution in [1.82, 2.24) is 4.90 Å². The van der Waals surface area contributed by atoms with Gasteiger partial charge in [0.15, 0.2) is 0 Å². The molecule has 1 N–H and O–H groups in total. The number of carboxylic acid groups (broad SMARTS) is 1. The van der Waals surface area contributed by atoms with E-state index in [9.17, 15) is 4.79 Å². The van der Waals surface area contributed by atoms with E-state index in [1.807, 2.05) is 24.1 Å². The van der Waals surface area contributed by atoms with Crippen molar-refractivity contribution in [2.24, 2.45) is 0 Å². The molecule has 0 radical (unpaired) electrons. The summed E-state index contributed by atoms with van der Waals surface area (Å²) in [5, 5.41) is 8.55. The first-order chi connectivity index (χ1) is 7.58. The van der Waals surface area contributed by atoms with Gasteiger partial charge in [0.05, 0.1) is 6.42 Å². The SMILES string of the molecule is CN(CCC(=O)O)CCc1ccc(Br)cc1. The van der Waals surface area contributed by atoms with Gasteiger partial charge in [0.2, 0.25) is 0 Å². The molecule has 0 spiro atoms. The number of rotatable bonds is 6. The van der Waals surface area contributed by atoms with Crippen molar-refractivity contribution in [2.75, 3.05) is 20.1 Å². The average molecular weight is 286 g/mol. The first kappa shape index (κ1) is 13.2. The topological polar surface area (TPSA) is 40.5 Å². The van der Waals surface area contributed by atoms with Gasteiger partial charge in [-0.05, 0) is 31.2 Å². The molecule has 0 fully saturated rings. The van der Waals surface area contributed by atoms with Crippen LogP contribution in [0.3, 0.4) is 0 Å². The standard InChI is InChI=1S/C12H16BrNO2/c1-14(9-7-12(15)16)8-6-10-2-4-11(13)5-3-10/h2-5H,6-9H2,1H3,(H,15,16). The molecule has 4 heteroatoms. The fourth-order valence-electron chi connectivity index (χ4n) is 1.37. The molecule has 1 aromatic carbocycles. The first-order valence-corrected chi connectivity index (χ1v) is 6.02. The Morgan fingerprint density at radius 3 is 2.50 bits per heavy atom. The number of aliphatic carboxylic acids is 1. The van der Waals surface area contributed by atoms with E-state index in [0.717, 1.165) is 17.4 Å². The van der Waals surface area contributed by atoms with Crippen molar-refractivity contribution in [3.63, 3.8) is 0 Å². The summed E-state index contributed by atoms with van der Waals surface area (Å²) in [6, 6.07) is 8.20. The van der Waals surface area contributed by atoms with Gasteiger partial charge in [-0.2, -0.15) is 0 Å². The fourth-order valence-corrected chi connectivity index (χ4v) is 1.63. The monoisotopic (exact) mass is 285 g/mol. The van der Waals surface area contributed by atoms with Crippen LogP contribution >= 0.6 is 15.9 Å². The Bertz CT molecular complexity index is 337. The van der Waals surface area contributed by atoms with Crippen molar-refractivity contribution < 1.29 is 9.90 Å². The Morgan fingerprint density at radius 1 is 1.31 bits per heavy atom. The van der Waals surface area contributed by atoms with Crippen molar-refractivity contribution in [3.8, 4) is 0 Å². The van der Waals surface area contributed by atoms with Gasteiger partial charge >= 0.3 is 5.97 Å². The molecule has 0 amide bonds. The van der Waals surface area contributed by atoms with Crippen LogP contribution in [0.25, 0.3) is 0 Å². The third kappa shape index (κ3) is 5.28. The number of halogens is 1. The van der Waals surface area contributed by atoms with Crippen molar-refractivity contribution >= 4 is 21.9 Å². The summed E-state index contributed by atoms with van der Waals surface area (Å²) in [5.41, 5.74) is 1.27. The summed E-state index contributed by atoms with van der Waals surface area (Å²) in [4.78, 5) is 12.4. The Kier molecular flexibility index (Phi) is 5.49. The average Bonchev–Trinajstić information content (AvgIpc) is 2.25. The van der Waals surface area contributed by atoms with Crippen LogP contribution < -0.4 is 0 Å². The highest BCUT2D eigenvalue weighted by molar-refractivity contribution is 9.10. The molecule has 3 nitrogen and oxygen atoms in total. The number of nitrogens with zero attached hydrogens (tertiary/aromatic N) is 1. The smallest absolute Gasteiger partial charge is 0.304 e. The Morgan fingerprint density at radius 2 is 1.94 bits per heavy atom. The molecule has 0 saturated heterocycles. The van der Waals surface area contributed by atoms with E-state index < -0.39 is 5.97 Å². The van der Waals surface area contributed by atoms with Crippen molar-refractivity contribution in [1.29, 1.82) is 0 Å². The lowest BCUT2D eigenvalue weighted by Crippen LogP contribution is -2.24. The van der Waals surface area contributed by atoms with Crippen molar-refractivity contribution in [3.05, 3.63) is 34.3 Å². The van der Waals surface area contributed by atoms with Gasteiger partial charge in [0.25, 0.3) is 0 Å². The van der Waals surface area contributed by atoms with E-state index in [-0.39, 0.29) is 6.42 Å².